The fourth-order valence-corrected chi connectivity index (χ4v) is 1.49. The Labute approximate surface area is 110 Å². The van der Waals surface area contributed by atoms with Crippen LogP contribution in [0.3, 0.4) is 0 Å². The minimum atomic E-state index is -0.464. The molecule has 0 aliphatic rings. The van der Waals surface area contributed by atoms with Crippen LogP contribution in [0.15, 0.2) is 28.8 Å². The van der Waals surface area contributed by atoms with Crippen molar-refractivity contribution in [2.45, 2.75) is 26.0 Å². The van der Waals surface area contributed by atoms with Crippen molar-refractivity contribution in [1.29, 1.82) is 0 Å². The van der Waals surface area contributed by atoms with Crippen LogP contribution >= 0.6 is 0 Å². The first kappa shape index (κ1) is 13.6. The van der Waals surface area contributed by atoms with Crippen molar-refractivity contribution in [2.24, 2.45) is 5.73 Å². The van der Waals surface area contributed by atoms with E-state index < -0.39 is 6.04 Å². The van der Waals surface area contributed by atoms with E-state index in [0.29, 0.717) is 18.0 Å². The van der Waals surface area contributed by atoms with Crippen LogP contribution in [0.25, 0.3) is 11.5 Å². The van der Waals surface area contributed by atoms with Crippen molar-refractivity contribution in [3.8, 4) is 11.5 Å². The molecule has 2 aromatic rings. The van der Waals surface area contributed by atoms with E-state index in [4.69, 9.17) is 15.0 Å². The van der Waals surface area contributed by atoms with Gasteiger partial charge >= 0.3 is 0 Å². The van der Waals surface area contributed by atoms with Crippen LogP contribution in [0.2, 0.25) is 0 Å². The molecule has 1 aromatic heterocycles. The SMILES string of the molecule is CC(C)OCC(N)c1noc(-c2cccc(F)c2)n1. The maximum Gasteiger partial charge on any atom is 0.258 e. The highest BCUT2D eigenvalue weighted by atomic mass is 19.1. The van der Waals surface area contributed by atoms with Gasteiger partial charge in [-0.3, -0.25) is 0 Å². The number of rotatable bonds is 5. The summed E-state index contributed by atoms with van der Waals surface area (Å²) in [6.07, 6.45) is 0.0839. The summed E-state index contributed by atoms with van der Waals surface area (Å²) in [7, 11) is 0. The Morgan fingerprint density at radius 1 is 1.42 bits per heavy atom. The standard InChI is InChI=1S/C13H16FN3O2/c1-8(2)18-7-11(15)12-16-13(19-17-12)9-4-3-5-10(14)6-9/h3-6,8,11H,7,15H2,1-2H3. The molecule has 5 nitrogen and oxygen atoms in total. The smallest absolute Gasteiger partial charge is 0.258 e. The fraction of sp³-hybridized carbons (Fsp3) is 0.385. The van der Waals surface area contributed by atoms with E-state index in [1.165, 1.54) is 12.1 Å². The molecule has 1 atom stereocenters. The second-order valence-corrected chi connectivity index (χ2v) is 4.46. The van der Waals surface area contributed by atoms with Gasteiger partial charge in [0, 0.05) is 5.56 Å². The third-order valence-electron chi connectivity index (χ3n) is 2.45. The molecule has 2 rings (SSSR count). The quantitative estimate of drug-likeness (QED) is 0.897. The highest BCUT2D eigenvalue weighted by Gasteiger charge is 2.16. The first-order valence-corrected chi connectivity index (χ1v) is 6.03. The molecular formula is C13H16FN3O2. The molecular weight excluding hydrogens is 249 g/mol. The van der Waals surface area contributed by atoms with Gasteiger partial charge in [-0.1, -0.05) is 11.2 Å². The number of aromatic nitrogens is 2. The first-order valence-electron chi connectivity index (χ1n) is 6.03. The van der Waals surface area contributed by atoms with Gasteiger partial charge in [-0.05, 0) is 32.0 Å². The van der Waals surface area contributed by atoms with Crippen LogP contribution in [0.5, 0.6) is 0 Å². The molecule has 1 aromatic carbocycles. The predicted molar refractivity (Wildman–Crippen MR) is 67.7 cm³/mol. The third-order valence-corrected chi connectivity index (χ3v) is 2.45. The summed E-state index contributed by atoms with van der Waals surface area (Å²) in [6, 6.07) is 5.48. The molecule has 0 radical (unpaired) electrons. The lowest BCUT2D eigenvalue weighted by molar-refractivity contribution is 0.0665. The van der Waals surface area contributed by atoms with Crippen molar-refractivity contribution in [3.05, 3.63) is 35.9 Å². The lowest BCUT2D eigenvalue weighted by Crippen LogP contribution is -2.20. The molecule has 102 valence electrons. The third kappa shape index (κ3) is 3.59. The van der Waals surface area contributed by atoms with Gasteiger partial charge in [-0.2, -0.15) is 4.98 Å². The van der Waals surface area contributed by atoms with E-state index in [-0.39, 0.29) is 17.8 Å². The van der Waals surface area contributed by atoms with Crippen LogP contribution in [0, 0.1) is 5.82 Å². The van der Waals surface area contributed by atoms with Gasteiger partial charge in [0.2, 0.25) is 0 Å². The average Bonchev–Trinajstić information content (AvgIpc) is 2.85. The van der Waals surface area contributed by atoms with Crippen molar-refractivity contribution >= 4 is 0 Å². The Balaban J connectivity index is 2.10. The van der Waals surface area contributed by atoms with Crippen LogP contribution in [-0.2, 0) is 4.74 Å². The van der Waals surface area contributed by atoms with Crippen molar-refractivity contribution < 1.29 is 13.7 Å². The van der Waals surface area contributed by atoms with Crippen LogP contribution in [-0.4, -0.2) is 22.9 Å². The van der Waals surface area contributed by atoms with E-state index in [1.807, 2.05) is 13.8 Å². The Bertz CT molecular complexity index is 542. The van der Waals surface area contributed by atoms with E-state index in [1.54, 1.807) is 12.1 Å². The highest BCUT2D eigenvalue weighted by molar-refractivity contribution is 5.52. The summed E-state index contributed by atoms with van der Waals surface area (Å²) in [6.45, 7) is 4.14. The molecule has 1 heterocycles. The van der Waals surface area contributed by atoms with Crippen molar-refractivity contribution in [3.63, 3.8) is 0 Å². The minimum Gasteiger partial charge on any atom is -0.377 e. The molecule has 0 fully saturated rings. The highest BCUT2D eigenvalue weighted by Crippen LogP contribution is 2.19. The summed E-state index contributed by atoms with van der Waals surface area (Å²) in [5.41, 5.74) is 6.40. The van der Waals surface area contributed by atoms with Crippen LogP contribution in [0.1, 0.15) is 25.7 Å². The number of hydrogen-bond donors (Lipinski definition) is 1. The predicted octanol–water partition coefficient (Wildman–Crippen LogP) is 2.30. The number of halogens is 1. The van der Waals surface area contributed by atoms with Gasteiger partial charge in [0.1, 0.15) is 5.82 Å². The maximum absolute atomic E-state index is 13.1. The number of benzene rings is 1. The van der Waals surface area contributed by atoms with Gasteiger partial charge in [0.05, 0.1) is 18.8 Å². The molecule has 6 heteroatoms. The molecule has 2 N–H and O–H groups in total. The van der Waals surface area contributed by atoms with Crippen molar-refractivity contribution in [2.75, 3.05) is 6.61 Å². The first-order chi connectivity index (χ1) is 9.06. The second kappa shape index (κ2) is 5.90. The minimum absolute atomic E-state index is 0.0839. The average molecular weight is 265 g/mol. The lowest BCUT2D eigenvalue weighted by Gasteiger charge is -2.10. The van der Waals surface area contributed by atoms with Gasteiger partial charge in [-0.15, -0.1) is 0 Å². The summed E-state index contributed by atoms with van der Waals surface area (Å²) < 4.78 is 23.5. The molecule has 19 heavy (non-hydrogen) atoms. The van der Waals surface area contributed by atoms with E-state index in [0.717, 1.165) is 0 Å². The van der Waals surface area contributed by atoms with Crippen LogP contribution in [0.4, 0.5) is 4.39 Å². The zero-order chi connectivity index (χ0) is 13.8. The molecule has 0 saturated heterocycles. The van der Waals surface area contributed by atoms with Crippen molar-refractivity contribution in [1.82, 2.24) is 10.1 Å². The van der Waals surface area contributed by atoms with E-state index in [9.17, 15) is 4.39 Å². The molecule has 0 amide bonds. The lowest BCUT2D eigenvalue weighted by atomic mass is 10.2. The molecule has 1 unspecified atom stereocenters. The zero-order valence-electron chi connectivity index (χ0n) is 10.8. The molecule has 0 spiro atoms. The fourth-order valence-electron chi connectivity index (χ4n) is 1.49. The Kier molecular flexibility index (Phi) is 4.24. The van der Waals surface area contributed by atoms with Gasteiger partial charge in [-0.25, -0.2) is 4.39 Å². The number of ether oxygens (including phenoxy) is 1. The zero-order valence-corrected chi connectivity index (χ0v) is 10.8. The molecule has 0 aliphatic carbocycles. The largest absolute Gasteiger partial charge is 0.377 e. The van der Waals surface area contributed by atoms with E-state index >= 15 is 0 Å². The van der Waals surface area contributed by atoms with Gasteiger partial charge < -0.3 is 15.0 Å². The Hall–Kier alpha value is -1.79. The Morgan fingerprint density at radius 3 is 2.89 bits per heavy atom. The topological polar surface area (TPSA) is 74.2 Å². The van der Waals surface area contributed by atoms with Crippen LogP contribution < -0.4 is 5.73 Å². The van der Waals surface area contributed by atoms with E-state index in [2.05, 4.69) is 10.1 Å². The van der Waals surface area contributed by atoms with Gasteiger partial charge in [0.25, 0.3) is 5.89 Å². The Morgan fingerprint density at radius 2 is 2.21 bits per heavy atom. The second-order valence-electron chi connectivity index (χ2n) is 4.46. The molecule has 0 bridgehead atoms. The monoisotopic (exact) mass is 265 g/mol. The number of nitrogens with zero attached hydrogens (tertiary/aromatic N) is 2. The maximum atomic E-state index is 13.1. The normalized spacial score (nSPS) is 12.9. The van der Waals surface area contributed by atoms with Gasteiger partial charge in [0.15, 0.2) is 5.82 Å². The summed E-state index contributed by atoms with van der Waals surface area (Å²) in [4.78, 5) is 4.15. The summed E-state index contributed by atoms with van der Waals surface area (Å²) in [5.74, 6) is 0.235. The number of nitrogens with two attached hydrogens (primary N) is 1. The summed E-state index contributed by atoms with van der Waals surface area (Å²) in [5, 5.41) is 3.79. The molecule has 0 aliphatic heterocycles. The molecule has 0 saturated carbocycles. The number of hydrogen-bond acceptors (Lipinski definition) is 5. The summed E-state index contributed by atoms with van der Waals surface area (Å²) >= 11 is 0.